The molecule has 0 saturated carbocycles. The SMILES string of the molecule is COc1ccc(C(=O)N2CCCN(c3nc4ccccc4c4nnc(-c5ccccc5Cl)n34)CC2)cc1. The lowest BCUT2D eigenvalue weighted by Crippen LogP contribution is -2.36. The summed E-state index contributed by atoms with van der Waals surface area (Å²) < 4.78 is 7.22. The number of hydrogen-bond donors (Lipinski definition) is 0. The van der Waals surface area contributed by atoms with Crippen molar-refractivity contribution in [3.63, 3.8) is 0 Å². The average molecular weight is 513 g/mol. The van der Waals surface area contributed by atoms with Gasteiger partial charge < -0.3 is 14.5 Å². The van der Waals surface area contributed by atoms with Gasteiger partial charge in [-0.25, -0.2) is 9.38 Å². The van der Waals surface area contributed by atoms with Gasteiger partial charge in [0.2, 0.25) is 5.95 Å². The maximum absolute atomic E-state index is 13.2. The molecule has 9 heteroatoms. The third-order valence-electron chi connectivity index (χ3n) is 6.75. The Labute approximate surface area is 219 Å². The fraction of sp³-hybridized carbons (Fsp3) is 0.214. The van der Waals surface area contributed by atoms with Crippen LogP contribution in [-0.4, -0.2) is 63.7 Å². The van der Waals surface area contributed by atoms with Gasteiger partial charge in [0.25, 0.3) is 5.91 Å². The van der Waals surface area contributed by atoms with Gasteiger partial charge in [0, 0.05) is 42.7 Å². The van der Waals surface area contributed by atoms with Crippen LogP contribution in [0.5, 0.6) is 5.75 Å². The third-order valence-corrected chi connectivity index (χ3v) is 7.08. The molecule has 2 aromatic heterocycles. The first kappa shape index (κ1) is 23.2. The molecule has 3 heterocycles. The van der Waals surface area contributed by atoms with Crippen molar-refractivity contribution in [3.8, 4) is 17.1 Å². The van der Waals surface area contributed by atoms with Crippen LogP contribution in [0.15, 0.2) is 72.8 Å². The van der Waals surface area contributed by atoms with Crippen molar-refractivity contribution in [3.05, 3.63) is 83.4 Å². The van der Waals surface area contributed by atoms with E-state index in [-0.39, 0.29) is 5.91 Å². The van der Waals surface area contributed by atoms with Crippen LogP contribution in [0.25, 0.3) is 27.9 Å². The molecule has 1 aliphatic rings. The smallest absolute Gasteiger partial charge is 0.253 e. The minimum atomic E-state index is 0.0159. The molecule has 37 heavy (non-hydrogen) atoms. The van der Waals surface area contributed by atoms with Crippen LogP contribution in [0.3, 0.4) is 0 Å². The second kappa shape index (κ2) is 9.71. The topological polar surface area (TPSA) is 75.9 Å². The van der Waals surface area contributed by atoms with Crippen LogP contribution in [0.4, 0.5) is 5.95 Å². The summed E-state index contributed by atoms with van der Waals surface area (Å²) in [5, 5.41) is 10.6. The Hall–Kier alpha value is -4.17. The lowest BCUT2D eigenvalue weighted by atomic mass is 10.2. The molecule has 1 fully saturated rings. The first-order valence-corrected chi connectivity index (χ1v) is 12.6. The van der Waals surface area contributed by atoms with E-state index in [9.17, 15) is 4.79 Å². The van der Waals surface area contributed by atoms with E-state index in [4.69, 9.17) is 21.3 Å². The van der Waals surface area contributed by atoms with Crippen molar-refractivity contribution >= 4 is 40.0 Å². The summed E-state index contributed by atoms with van der Waals surface area (Å²) in [5.41, 5.74) is 3.02. The standard InChI is InChI=1S/C28H25ClN6O2/c1-37-20-13-11-19(12-14-20)27(36)33-15-6-16-34(18-17-33)28-30-24-10-5-3-8-22(24)26-32-31-25(35(26)28)21-7-2-4-9-23(21)29/h2-5,7-14H,6,15-18H2,1H3. The number of anilines is 1. The molecule has 3 aromatic carbocycles. The molecule has 186 valence electrons. The van der Waals surface area contributed by atoms with Gasteiger partial charge in [0.1, 0.15) is 5.75 Å². The van der Waals surface area contributed by atoms with Gasteiger partial charge in [-0.15, -0.1) is 10.2 Å². The molecule has 0 aliphatic carbocycles. The van der Waals surface area contributed by atoms with Crippen LogP contribution in [-0.2, 0) is 0 Å². The zero-order valence-corrected chi connectivity index (χ0v) is 21.1. The van der Waals surface area contributed by atoms with Crippen LogP contribution < -0.4 is 9.64 Å². The predicted octanol–water partition coefficient (Wildman–Crippen LogP) is 4.96. The van der Waals surface area contributed by atoms with Gasteiger partial charge >= 0.3 is 0 Å². The minimum absolute atomic E-state index is 0.0159. The number of ether oxygens (including phenoxy) is 1. The monoisotopic (exact) mass is 512 g/mol. The Morgan fingerprint density at radius 2 is 1.68 bits per heavy atom. The van der Waals surface area contributed by atoms with E-state index >= 15 is 0 Å². The van der Waals surface area contributed by atoms with Crippen molar-refractivity contribution in [1.29, 1.82) is 0 Å². The van der Waals surface area contributed by atoms with E-state index in [1.807, 2.05) is 82.1 Å². The second-order valence-electron chi connectivity index (χ2n) is 8.95. The Morgan fingerprint density at radius 3 is 2.49 bits per heavy atom. The Kier molecular flexibility index (Phi) is 6.10. The van der Waals surface area contributed by atoms with Crippen molar-refractivity contribution in [2.24, 2.45) is 0 Å². The molecular formula is C28H25ClN6O2. The zero-order chi connectivity index (χ0) is 25.4. The highest BCUT2D eigenvalue weighted by molar-refractivity contribution is 6.33. The Balaban J connectivity index is 1.38. The van der Waals surface area contributed by atoms with E-state index in [0.29, 0.717) is 36.0 Å². The van der Waals surface area contributed by atoms with Crippen molar-refractivity contribution in [1.82, 2.24) is 24.5 Å². The van der Waals surface area contributed by atoms with E-state index in [0.717, 1.165) is 46.8 Å². The molecule has 5 aromatic rings. The highest BCUT2D eigenvalue weighted by atomic mass is 35.5. The van der Waals surface area contributed by atoms with Gasteiger partial charge in [-0.3, -0.25) is 4.79 Å². The van der Waals surface area contributed by atoms with Crippen molar-refractivity contribution in [2.45, 2.75) is 6.42 Å². The molecule has 0 spiro atoms. The quantitative estimate of drug-likeness (QED) is 0.339. The first-order valence-electron chi connectivity index (χ1n) is 12.2. The fourth-order valence-electron chi connectivity index (χ4n) is 4.83. The maximum Gasteiger partial charge on any atom is 0.253 e. The molecule has 6 rings (SSSR count). The van der Waals surface area contributed by atoms with Crippen LogP contribution in [0.1, 0.15) is 16.8 Å². The van der Waals surface area contributed by atoms with Crippen LogP contribution >= 0.6 is 11.6 Å². The molecule has 1 aliphatic heterocycles. The molecule has 0 radical (unpaired) electrons. The van der Waals surface area contributed by atoms with Gasteiger partial charge in [-0.1, -0.05) is 35.9 Å². The normalized spacial score (nSPS) is 14.2. The van der Waals surface area contributed by atoms with E-state index in [1.54, 1.807) is 7.11 Å². The van der Waals surface area contributed by atoms with Crippen molar-refractivity contribution in [2.75, 3.05) is 38.2 Å². The molecule has 1 saturated heterocycles. The summed E-state index contributed by atoms with van der Waals surface area (Å²) in [7, 11) is 1.62. The molecule has 0 unspecified atom stereocenters. The molecule has 0 N–H and O–H groups in total. The maximum atomic E-state index is 13.2. The number of rotatable bonds is 4. The molecule has 8 nitrogen and oxygen atoms in total. The van der Waals surface area contributed by atoms with E-state index in [1.165, 1.54) is 0 Å². The fourth-order valence-corrected chi connectivity index (χ4v) is 5.05. The highest BCUT2D eigenvalue weighted by Crippen LogP contribution is 2.32. The van der Waals surface area contributed by atoms with Gasteiger partial charge in [0.05, 0.1) is 17.6 Å². The van der Waals surface area contributed by atoms with Crippen LogP contribution in [0.2, 0.25) is 5.02 Å². The Morgan fingerprint density at radius 1 is 0.892 bits per heavy atom. The highest BCUT2D eigenvalue weighted by Gasteiger charge is 2.25. The largest absolute Gasteiger partial charge is 0.497 e. The van der Waals surface area contributed by atoms with Crippen molar-refractivity contribution < 1.29 is 9.53 Å². The van der Waals surface area contributed by atoms with Gasteiger partial charge in [-0.05, 0) is 55.0 Å². The summed E-state index contributed by atoms with van der Waals surface area (Å²) >= 11 is 6.56. The number of para-hydroxylation sites is 1. The third kappa shape index (κ3) is 4.23. The second-order valence-corrected chi connectivity index (χ2v) is 9.36. The lowest BCUT2D eigenvalue weighted by Gasteiger charge is -2.24. The molecule has 0 bridgehead atoms. The number of carbonyl (C=O) groups is 1. The summed E-state index contributed by atoms with van der Waals surface area (Å²) in [5.74, 6) is 2.13. The zero-order valence-electron chi connectivity index (χ0n) is 20.3. The number of amides is 1. The number of aromatic nitrogens is 4. The van der Waals surface area contributed by atoms with E-state index < -0.39 is 0 Å². The van der Waals surface area contributed by atoms with Crippen LogP contribution in [0, 0.1) is 0 Å². The number of methoxy groups -OCH3 is 1. The average Bonchev–Trinajstić information content (AvgIpc) is 3.23. The number of benzene rings is 3. The first-order chi connectivity index (χ1) is 18.1. The number of nitrogens with zero attached hydrogens (tertiary/aromatic N) is 6. The molecule has 1 amide bonds. The summed E-state index contributed by atoms with van der Waals surface area (Å²) in [6.07, 6.45) is 0.807. The van der Waals surface area contributed by atoms with E-state index in [2.05, 4.69) is 15.1 Å². The molecular weight excluding hydrogens is 488 g/mol. The van der Waals surface area contributed by atoms with Gasteiger partial charge in [0.15, 0.2) is 11.5 Å². The number of carbonyl (C=O) groups excluding carboxylic acids is 1. The minimum Gasteiger partial charge on any atom is -0.497 e. The number of fused-ring (bicyclic) bond motifs is 3. The lowest BCUT2D eigenvalue weighted by molar-refractivity contribution is 0.0767. The predicted molar refractivity (Wildman–Crippen MR) is 144 cm³/mol. The summed E-state index contributed by atoms with van der Waals surface area (Å²) in [4.78, 5) is 22.4. The summed E-state index contributed by atoms with van der Waals surface area (Å²) in [6, 6.07) is 22.8. The van der Waals surface area contributed by atoms with Gasteiger partial charge in [-0.2, -0.15) is 0 Å². The summed E-state index contributed by atoms with van der Waals surface area (Å²) in [6.45, 7) is 2.61. The number of hydrogen-bond acceptors (Lipinski definition) is 6. The number of halogens is 1. The molecule has 0 atom stereocenters. The Bertz CT molecular complexity index is 1600.